The lowest BCUT2D eigenvalue weighted by molar-refractivity contribution is 0.415. The molecular weight excluding hydrogens is 168 g/mol. The third-order valence-corrected chi connectivity index (χ3v) is 3.02. The van der Waals surface area contributed by atoms with Crippen LogP contribution in [0.4, 0.5) is 0 Å². The molecule has 0 aliphatic carbocycles. The Morgan fingerprint density at radius 2 is 2.25 bits per heavy atom. The molecule has 2 rings (SSSR count). The van der Waals surface area contributed by atoms with Gasteiger partial charge in [0.05, 0.1) is 6.61 Å². The van der Waals surface area contributed by atoms with Gasteiger partial charge < -0.3 is 4.74 Å². The lowest BCUT2D eigenvalue weighted by atomic mass is 10.1. The van der Waals surface area contributed by atoms with Crippen LogP contribution in [-0.2, 0) is 4.74 Å². The number of ether oxygens (including phenoxy) is 1. The molecule has 1 fully saturated rings. The van der Waals surface area contributed by atoms with Crippen molar-refractivity contribution in [1.82, 2.24) is 0 Å². The number of epoxide rings is 1. The van der Waals surface area contributed by atoms with Crippen LogP contribution in [0.5, 0.6) is 0 Å². The molecule has 12 heavy (non-hydrogen) atoms. The molecule has 2 heteroatoms. The standard InChI is InChI=1S/C10H12OS/c1-7-5-8(9-6-11-9)3-4-10(7)12-2/h3-5,9H,6H2,1-2H3. The van der Waals surface area contributed by atoms with Gasteiger partial charge in [0, 0.05) is 4.90 Å². The van der Waals surface area contributed by atoms with E-state index in [1.165, 1.54) is 16.0 Å². The summed E-state index contributed by atoms with van der Waals surface area (Å²) in [5.41, 5.74) is 2.68. The Kier molecular flexibility index (Phi) is 2.11. The smallest absolute Gasteiger partial charge is 0.106 e. The maximum absolute atomic E-state index is 5.22. The van der Waals surface area contributed by atoms with Gasteiger partial charge in [0.1, 0.15) is 6.10 Å². The average molecular weight is 180 g/mol. The van der Waals surface area contributed by atoms with Gasteiger partial charge in [-0.05, 0) is 30.4 Å². The van der Waals surface area contributed by atoms with Crippen molar-refractivity contribution in [3.63, 3.8) is 0 Å². The summed E-state index contributed by atoms with van der Waals surface area (Å²) in [7, 11) is 0. The van der Waals surface area contributed by atoms with Crippen LogP contribution in [0.25, 0.3) is 0 Å². The van der Waals surface area contributed by atoms with E-state index in [1.54, 1.807) is 11.8 Å². The van der Waals surface area contributed by atoms with Crippen LogP contribution in [-0.4, -0.2) is 12.9 Å². The van der Waals surface area contributed by atoms with E-state index in [2.05, 4.69) is 31.4 Å². The number of hydrogen-bond donors (Lipinski definition) is 0. The molecular formula is C10H12OS. The predicted octanol–water partition coefficient (Wildman–Crippen LogP) is 2.79. The lowest BCUT2D eigenvalue weighted by Crippen LogP contribution is -1.84. The summed E-state index contributed by atoms with van der Waals surface area (Å²) >= 11 is 1.80. The Morgan fingerprint density at radius 1 is 1.50 bits per heavy atom. The fourth-order valence-corrected chi connectivity index (χ4v) is 1.93. The first kappa shape index (κ1) is 8.14. The van der Waals surface area contributed by atoms with Crippen LogP contribution < -0.4 is 0 Å². The van der Waals surface area contributed by atoms with Crippen LogP contribution >= 0.6 is 11.8 Å². The quantitative estimate of drug-likeness (QED) is 0.512. The van der Waals surface area contributed by atoms with Crippen molar-refractivity contribution < 1.29 is 4.74 Å². The maximum Gasteiger partial charge on any atom is 0.106 e. The molecule has 1 aliphatic rings. The Labute approximate surface area is 77.1 Å². The van der Waals surface area contributed by atoms with Gasteiger partial charge in [0.15, 0.2) is 0 Å². The number of hydrogen-bond acceptors (Lipinski definition) is 2. The summed E-state index contributed by atoms with van der Waals surface area (Å²) in [6, 6.07) is 6.57. The average Bonchev–Trinajstić information content (AvgIpc) is 2.86. The van der Waals surface area contributed by atoms with Crippen LogP contribution in [0, 0.1) is 6.92 Å². The van der Waals surface area contributed by atoms with Crippen molar-refractivity contribution in [3.8, 4) is 0 Å². The molecule has 1 saturated heterocycles. The first-order chi connectivity index (χ1) is 5.81. The maximum atomic E-state index is 5.22. The second-order valence-corrected chi connectivity index (χ2v) is 3.90. The molecule has 1 atom stereocenters. The van der Waals surface area contributed by atoms with Crippen molar-refractivity contribution in [1.29, 1.82) is 0 Å². The van der Waals surface area contributed by atoms with E-state index in [4.69, 9.17) is 4.74 Å². The van der Waals surface area contributed by atoms with E-state index in [0.717, 1.165) is 6.61 Å². The largest absolute Gasteiger partial charge is 0.368 e. The van der Waals surface area contributed by atoms with Gasteiger partial charge in [-0.2, -0.15) is 0 Å². The fourth-order valence-electron chi connectivity index (χ4n) is 1.34. The minimum absolute atomic E-state index is 0.389. The van der Waals surface area contributed by atoms with Gasteiger partial charge in [0.2, 0.25) is 0 Å². The zero-order chi connectivity index (χ0) is 8.55. The number of aryl methyl sites for hydroxylation is 1. The topological polar surface area (TPSA) is 12.5 Å². The zero-order valence-corrected chi connectivity index (χ0v) is 8.15. The minimum atomic E-state index is 0.389. The third-order valence-electron chi connectivity index (χ3n) is 2.12. The molecule has 64 valence electrons. The van der Waals surface area contributed by atoms with E-state index in [9.17, 15) is 0 Å². The highest BCUT2D eigenvalue weighted by molar-refractivity contribution is 7.98. The normalized spacial score (nSPS) is 21.0. The number of benzene rings is 1. The Morgan fingerprint density at radius 3 is 2.75 bits per heavy atom. The van der Waals surface area contributed by atoms with Crippen LogP contribution in [0.2, 0.25) is 0 Å². The summed E-state index contributed by atoms with van der Waals surface area (Å²) in [6.45, 7) is 3.05. The van der Waals surface area contributed by atoms with Crippen molar-refractivity contribution in [2.45, 2.75) is 17.9 Å². The summed E-state index contributed by atoms with van der Waals surface area (Å²) in [5.74, 6) is 0. The molecule has 0 N–H and O–H groups in total. The van der Waals surface area contributed by atoms with Crippen molar-refractivity contribution >= 4 is 11.8 Å². The Balaban J connectivity index is 2.30. The van der Waals surface area contributed by atoms with E-state index in [1.807, 2.05) is 0 Å². The van der Waals surface area contributed by atoms with Gasteiger partial charge in [-0.1, -0.05) is 12.1 Å². The molecule has 0 amide bonds. The van der Waals surface area contributed by atoms with Gasteiger partial charge in [-0.15, -0.1) is 11.8 Å². The summed E-state index contributed by atoms with van der Waals surface area (Å²) in [6.07, 6.45) is 2.50. The summed E-state index contributed by atoms with van der Waals surface area (Å²) < 4.78 is 5.22. The molecule has 1 aromatic rings. The Bertz CT molecular complexity index is 292. The number of thioether (sulfide) groups is 1. The van der Waals surface area contributed by atoms with Gasteiger partial charge in [-0.25, -0.2) is 0 Å². The molecule has 1 heterocycles. The van der Waals surface area contributed by atoms with E-state index in [0.29, 0.717) is 6.10 Å². The molecule has 1 aromatic carbocycles. The van der Waals surface area contributed by atoms with Crippen molar-refractivity contribution in [3.05, 3.63) is 29.3 Å². The van der Waals surface area contributed by atoms with E-state index < -0.39 is 0 Å². The van der Waals surface area contributed by atoms with Crippen molar-refractivity contribution in [2.75, 3.05) is 12.9 Å². The first-order valence-electron chi connectivity index (χ1n) is 4.07. The lowest BCUT2D eigenvalue weighted by Gasteiger charge is -2.03. The molecule has 1 aliphatic heterocycles. The summed E-state index contributed by atoms with van der Waals surface area (Å²) in [5, 5.41) is 0. The minimum Gasteiger partial charge on any atom is -0.368 e. The third kappa shape index (κ3) is 1.50. The van der Waals surface area contributed by atoms with Gasteiger partial charge in [-0.3, -0.25) is 0 Å². The molecule has 1 nitrogen and oxygen atoms in total. The van der Waals surface area contributed by atoms with Gasteiger partial charge >= 0.3 is 0 Å². The molecule has 0 aromatic heterocycles. The highest BCUT2D eigenvalue weighted by Crippen LogP contribution is 2.32. The molecule has 0 saturated carbocycles. The number of rotatable bonds is 2. The van der Waals surface area contributed by atoms with Crippen LogP contribution in [0.1, 0.15) is 17.2 Å². The second kappa shape index (κ2) is 3.11. The highest BCUT2D eigenvalue weighted by Gasteiger charge is 2.24. The van der Waals surface area contributed by atoms with E-state index in [-0.39, 0.29) is 0 Å². The van der Waals surface area contributed by atoms with Crippen LogP contribution in [0.15, 0.2) is 23.1 Å². The first-order valence-corrected chi connectivity index (χ1v) is 5.30. The van der Waals surface area contributed by atoms with Gasteiger partial charge in [0.25, 0.3) is 0 Å². The molecule has 0 bridgehead atoms. The SMILES string of the molecule is CSc1ccc(C2CO2)cc1C. The Hall–Kier alpha value is -0.470. The monoisotopic (exact) mass is 180 g/mol. The molecule has 1 unspecified atom stereocenters. The van der Waals surface area contributed by atoms with Crippen LogP contribution in [0.3, 0.4) is 0 Å². The zero-order valence-electron chi connectivity index (χ0n) is 7.33. The highest BCUT2D eigenvalue weighted by atomic mass is 32.2. The second-order valence-electron chi connectivity index (χ2n) is 3.05. The summed E-state index contributed by atoms with van der Waals surface area (Å²) in [4.78, 5) is 1.36. The fraction of sp³-hybridized carbons (Fsp3) is 0.400. The molecule has 0 radical (unpaired) electrons. The molecule has 0 spiro atoms. The predicted molar refractivity (Wildman–Crippen MR) is 51.7 cm³/mol. The van der Waals surface area contributed by atoms with E-state index >= 15 is 0 Å². The van der Waals surface area contributed by atoms with Crippen molar-refractivity contribution in [2.24, 2.45) is 0 Å².